The third kappa shape index (κ3) is 2.67. The number of hydrogen-bond donors (Lipinski definition) is 1. The van der Waals surface area contributed by atoms with Gasteiger partial charge in [-0.1, -0.05) is 12.7 Å². The first-order valence-corrected chi connectivity index (χ1v) is 7.36. The molecule has 1 aromatic heterocycles. The fraction of sp³-hybridized carbons (Fsp3) is 0.200. The highest BCUT2D eigenvalue weighted by atomic mass is 32.2. The van der Waals surface area contributed by atoms with E-state index in [4.69, 9.17) is 0 Å². The van der Waals surface area contributed by atoms with Gasteiger partial charge in [0, 0.05) is 18.2 Å². The third-order valence-corrected chi connectivity index (χ3v) is 3.67. The van der Waals surface area contributed by atoms with E-state index in [9.17, 15) is 4.39 Å². The molecule has 0 unspecified atom stereocenters. The Hall–Kier alpha value is -1.88. The highest BCUT2D eigenvalue weighted by Crippen LogP contribution is 2.29. The number of halogens is 1. The number of aromatic nitrogens is 2. The molecule has 0 saturated heterocycles. The van der Waals surface area contributed by atoms with Crippen LogP contribution in [-0.2, 0) is 0 Å². The molecule has 1 aromatic carbocycles. The number of hydrogen-bond acceptors (Lipinski definition) is 4. The molecule has 104 valence electrons. The Morgan fingerprint density at radius 3 is 2.65 bits per heavy atom. The van der Waals surface area contributed by atoms with Crippen molar-refractivity contribution >= 4 is 23.7 Å². The van der Waals surface area contributed by atoms with Crippen LogP contribution in [0.1, 0.15) is 11.1 Å². The largest absolute Gasteiger partial charge is 0.372 e. The van der Waals surface area contributed by atoms with E-state index in [-0.39, 0.29) is 5.82 Å². The Labute approximate surface area is 122 Å². The van der Waals surface area contributed by atoms with Gasteiger partial charge >= 0.3 is 0 Å². The Morgan fingerprint density at radius 1 is 1.35 bits per heavy atom. The Kier molecular flexibility index (Phi) is 4.39. The molecule has 0 aliphatic rings. The zero-order valence-electron chi connectivity index (χ0n) is 11.7. The minimum Gasteiger partial charge on any atom is -0.372 e. The summed E-state index contributed by atoms with van der Waals surface area (Å²) >= 11 is 1.53. The fourth-order valence-electron chi connectivity index (χ4n) is 1.98. The van der Waals surface area contributed by atoms with E-state index in [1.165, 1.54) is 23.9 Å². The minimum atomic E-state index is -0.257. The highest BCUT2D eigenvalue weighted by molar-refractivity contribution is 7.98. The fourth-order valence-corrected chi connectivity index (χ4v) is 2.56. The average molecular weight is 289 g/mol. The van der Waals surface area contributed by atoms with Gasteiger partial charge in [-0.25, -0.2) is 14.4 Å². The summed E-state index contributed by atoms with van der Waals surface area (Å²) in [4.78, 5) is 9.05. The lowest BCUT2D eigenvalue weighted by Crippen LogP contribution is -2.03. The summed E-state index contributed by atoms with van der Waals surface area (Å²) in [6, 6.07) is 4.61. The van der Waals surface area contributed by atoms with Crippen molar-refractivity contribution in [2.75, 3.05) is 18.6 Å². The molecule has 1 N–H and O–H groups in total. The van der Waals surface area contributed by atoms with Crippen LogP contribution in [0.2, 0.25) is 0 Å². The van der Waals surface area contributed by atoms with E-state index >= 15 is 0 Å². The standard InChI is InChI=1S/C15H16FN3S/c1-5-11-13(17-3)18-14(19-15(11)20-4)12-7-6-10(16)8-9(12)2/h5-8H,1H2,2-4H3,(H,17,18,19). The van der Waals surface area contributed by atoms with Crippen molar-refractivity contribution < 1.29 is 4.39 Å². The Balaban J connectivity index is 2.65. The van der Waals surface area contributed by atoms with E-state index in [1.807, 2.05) is 13.2 Å². The van der Waals surface area contributed by atoms with Crippen molar-refractivity contribution in [2.24, 2.45) is 0 Å². The molecule has 3 nitrogen and oxygen atoms in total. The second kappa shape index (κ2) is 6.05. The predicted octanol–water partition coefficient (Wildman–Crippen LogP) is 4.00. The maximum atomic E-state index is 13.2. The summed E-state index contributed by atoms with van der Waals surface area (Å²) in [5.41, 5.74) is 2.52. The lowest BCUT2D eigenvalue weighted by Gasteiger charge is -2.12. The maximum Gasteiger partial charge on any atom is 0.163 e. The molecule has 0 radical (unpaired) electrons. The van der Waals surface area contributed by atoms with Crippen LogP contribution in [0, 0.1) is 12.7 Å². The number of aryl methyl sites for hydroxylation is 1. The quantitative estimate of drug-likeness (QED) is 0.682. The predicted molar refractivity (Wildman–Crippen MR) is 83.6 cm³/mol. The molecule has 0 spiro atoms. The monoisotopic (exact) mass is 289 g/mol. The van der Waals surface area contributed by atoms with Gasteiger partial charge in [-0.05, 0) is 36.9 Å². The average Bonchev–Trinajstić information content (AvgIpc) is 2.45. The zero-order valence-corrected chi connectivity index (χ0v) is 12.5. The molecular formula is C15H16FN3S. The van der Waals surface area contributed by atoms with Crippen LogP contribution in [0.3, 0.4) is 0 Å². The summed E-state index contributed by atoms with van der Waals surface area (Å²) in [5.74, 6) is 1.05. The van der Waals surface area contributed by atoms with Crippen LogP contribution >= 0.6 is 11.8 Å². The SMILES string of the molecule is C=Cc1c(NC)nc(-c2ccc(F)cc2C)nc1SC. The molecular weight excluding hydrogens is 273 g/mol. The molecule has 1 heterocycles. The summed E-state index contributed by atoms with van der Waals surface area (Å²) in [6.45, 7) is 5.65. The van der Waals surface area contributed by atoms with E-state index < -0.39 is 0 Å². The molecule has 0 aliphatic carbocycles. The van der Waals surface area contributed by atoms with Crippen molar-refractivity contribution in [3.63, 3.8) is 0 Å². The van der Waals surface area contributed by atoms with Crippen molar-refractivity contribution in [3.05, 3.63) is 41.7 Å². The number of nitrogens with one attached hydrogen (secondary N) is 1. The van der Waals surface area contributed by atoms with E-state index in [1.54, 1.807) is 19.2 Å². The molecule has 2 aromatic rings. The van der Waals surface area contributed by atoms with Crippen molar-refractivity contribution in [3.8, 4) is 11.4 Å². The third-order valence-electron chi connectivity index (χ3n) is 2.97. The topological polar surface area (TPSA) is 37.8 Å². The normalized spacial score (nSPS) is 10.4. The first kappa shape index (κ1) is 14.5. The molecule has 2 rings (SSSR count). The van der Waals surface area contributed by atoms with E-state index in [0.29, 0.717) is 5.82 Å². The molecule has 0 bridgehead atoms. The van der Waals surface area contributed by atoms with Crippen molar-refractivity contribution in [2.45, 2.75) is 11.9 Å². The maximum absolute atomic E-state index is 13.2. The Morgan fingerprint density at radius 2 is 2.10 bits per heavy atom. The number of rotatable bonds is 4. The van der Waals surface area contributed by atoms with Gasteiger partial charge in [-0.3, -0.25) is 0 Å². The summed E-state index contributed by atoms with van der Waals surface area (Å²) in [5, 5.41) is 3.90. The van der Waals surface area contributed by atoms with Gasteiger partial charge in [0.2, 0.25) is 0 Å². The van der Waals surface area contributed by atoms with Gasteiger partial charge in [-0.2, -0.15) is 0 Å². The number of benzene rings is 1. The Bertz CT molecular complexity index is 631. The van der Waals surface area contributed by atoms with Gasteiger partial charge in [0.05, 0.1) is 0 Å². The molecule has 0 atom stereocenters. The molecule has 5 heteroatoms. The minimum absolute atomic E-state index is 0.257. The molecule has 20 heavy (non-hydrogen) atoms. The first-order valence-electron chi connectivity index (χ1n) is 6.13. The smallest absolute Gasteiger partial charge is 0.163 e. The van der Waals surface area contributed by atoms with E-state index in [0.717, 1.165) is 27.5 Å². The second-order valence-corrected chi connectivity index (χ2v) is 5.03. The van der Waals surface area contributed by atoms with Gasteiger partial charge < -0.3 is 5.32 Å². The molecule has 0 aliphatic heterocycles. The van der Waals surface area contributed by atoms with Crippen LogP contribution < -0.4 is 5.32 Å². The van der Waals surface area contributed by atoms with Crippen molar-refractivity contribution in [1.29, 1.82) is 0 Å². The van der Waals surface area contributed by atoms with Gasteiger partial charge in [-0.15, -0.1) is 11.8 Å². The lowest BCUT2D eigenvalue weighted by molar-refractivity contribution is 0.627. The van der Waals surface area contributed by atoms with Gasteiger partial charge in [0.15, 0.2) is 5.82 Å². The van der Waals surface area contributed by atoms with Gasteiger partial charge in [0.1, 0.15) is 16.7 Å². The number of thioether (sulfide) groups is 1. The molecule has 0 saturated carbocycles. The number of nitrogens with zero attached hydrogens (tertiary/aromatic N) is 2. The molecule has 0 fully saturated rings. The van der Waals surface area contributed by atoms with Crippen LogP contribution in [0.4, 0.5) is 10.2 Å². The van der Waals surface area contributed by atoms with Crippen LogP contribution in [0.5, 0.6) is 0 Å². The first-order chi connectivity index (χ1) is 9.60. The van der Waals surface area contributed by atoms with Crippen LogP contribution in [0.15, 0.2) is 29.8 Å². The highest BCUT2D eigenvalue weighted by Gasteiger charge is 2.13. The number of anilines is 1. The van der Waals surface area contributed by atoms with Crippen molar-refractivity contribution in [1.82, 2.24) is 9.97 Å². The van der Waals surface area contributed by atoms with Crippen LogP contribution in [-0.4, -0.2) is 23.3 Å². The summed E-state index contributed by atoms with van der Waals surface area (Å²) in [6.07, 6.45) is 3.69. The second-order valence-electron chi connectivity index (χ2n) is 4.23. The lowest BCUT2D eigenvalue weighted by atomic mass is 10.1. The van der Waals surface area contributed by atoms with E-state index in [2.05, 4.69) is 21.9 Å². The zero-order chi connectivity index (χ0) is 14.7. The molecule has 0 amide bonds. The van der Waals surface area contributed by atoms with Gasteiger partial charge in [0.25, 0.3) is 0 Å². The van der Waals surface area contributed by atoms with Crippen LogP contribution in [0.25, 0.3) is 17.5 Å². The summed E-state index contributed by atoms with van der Waals surface area (Å²) < 4.78 is 13.2. The summed E-state index contributed by atoms with van der Waals surface area (Å²) in [7, 11) is 1.81.